The SMILES string of the molecule is CC(C)CN1CCN(c2cc(NN)nc(C3CC3)n2)CC1. The Morgan fingerprint density at radius 3 is 2.52 bits per heavy atom. The van der Waals surface area contributed by atoms with Crippen LogP contribution in [-0.4, -0.2) is 47.6 Å². The number of nitrogen functional groups attached to an aromatic ring is 1. The van der Waals surface area contributed by atoms with E-state index in [0.29, 0.717) is 5.92 Å². The smallest absolute Gasteiger partial charge is 0.145 e. The third-order valence-electron chi connectivity index (χ3n) is 4.14. The van der Waals surface area contributed by atoms with Crippen molar-refractivity contribution in [1.29, 1.82) is 0 Å². The highest BCUT2D eigenvalue weighted by Gasteiger charge is 2.28. The Labute approximate surface area is 126 Å². The van der Waals surface area contributed by atoms with E-state index in [4.69, 9.17) is 10.8 Å². The van der Waals surface area contributed by atoms with Gasteiger partial charge in [0.1, 0.15) is 17.5 Å². The van der Waals surface area contributed by atoms with Crippen LogP contribution in [0.3, 0.4) is 0 Å². The predicted octanol–water partition coefficient (Wildman–Crippen LogP) is 1.42. The Morgan fingerprint density at radius 1 is 1.24 bits per heavy atom. The number of nitrogens with one attached hydrogen (secondary N) is 1. The summed E-state index contributed by atoms with van der Waals surface area (Å²) >= 11 is 0. The molecule has 0 amide bonds. The number of hydrogen-bond donors (Lipinski definition) is 2. The Bertz CT molecular complexity index is 477. The van der Waals surface area contributed by atoms with Crippen LogP contribution in [0.2, 0.25) is 0 Å². The first kappa shape index (κ1) is 14.5. The summed E-state index contributed by atoms with van der Waals surface area (Å²) in [4.78, 5) is 14.1. The molecule has 1 aromatic heterocycles. The summed E-state index contributed by atoms with van der Waals surface area (Å²) in [6.45, 7) is 9.99. The Hall–Kier alpha value is -1.40. The zero-order valence-corrected chi connectivity index (χ0v) is 13.0. The molecule has 0 radical (unpaired) electrons. The molecule has 0 spiro atoms. The molecule has 2 heterocycles. The van der Waals surface area contributed by atoms with Gasteiger partial charge in [-0.15, -0.1) is 0 Å². The minimum Gasteiger partial charge on any atom is -0.354 e. The molecule has 1 saturated heterocycles. The zero-order valence-electron chi connectivity index (χ0n) is 13.0. The fraction of sp³-hybridized carbons (Fsp3) is 0.733. The lowest BCUT2D eigenvalue weighted by atomic mass is 10.2. The van der Waals surface area contributed by atoms with Crippen molar-refractivity contribution in [3.63, 3.8) is 0 Å². The number of hydrogen-bond acceptors (Lipinski definition) is 6. The van der Waals surface area contributed by atoms with Crippen molar-refractivity contribution in [3.05, 3.63) is 11.9 Å². The van der Waals surface area contributed by atoms with Crippen LogP contribution in [0.25, 0.3) is 0 Å². The van der Waals surface area contributed by atoms with Gasteiger partial charge in [-0.05, 0) is 18.8 Å². The molecule has 1 aromatic rings. The van der Waals surface area contributed by atoms with E-state index < -0.39 is 0 Å². The van der Waals surface area contributed by atoms with Gasteiger partial charge in [-0.1, -0.05) is 13.8 Å². The molecule has 6 heteroatoms. The molecule has 21 heavy (non-hydrogen) atoms. The van der Waals surface area contributed by atoms with Gasteiger partial charge in [0.05, 0.1) is 0 Å². The van der Waals surface area contributed by atoms with E-state index in [1.807, 2.05) is 6.07 Å². The number of piperazine rings is 1. The molecule has 2 fully saturated rings. The van der Waals surface area contributed by atoms with Crippen LogP contribution in [0, 0.1) is 5.92 Å². The van der Waals surface area contributed by atoms with Gasteiger partial charge in [0.25, 0.3) is 0 Å². The van der Waals surface area contributed by atoms with Crippen molar-refractivity contribution in [2.24, 2.45) is 11.8 Å². The number of anilines is 2. The van der Waals surface area contributed by atoms with Crippen molar-refractivity contribution in [2.75, 3.05) is 43.0 Å². The molecule has 0 unspecified atom stereocenters. The van der Waals surface area contributed by atoms with Crippen LogP contribution in [0.4, 0.5) is 11.6 Å². The van der Waals surface area contributed by atoms with Crippen molar-refractivity contribution in [1.82, 2.24) is 14.9 Å². The second kappa shape index (κ2) is 6.15. The second-order valence-electron chi connectivity index (χ2n) is 6.57. The lowest BCUT2D eigenvalue weighted by Gasteiger charge is -2.36. The normalized spacial score (nSPS) is 20.1. The van der Waals surface area contributed by atoms with Crippen LogP contribution < -0.4 is 16.2 Å². The molecule has 1 aliphatic carbocycles. The minimum atomic E-state index is 0.541. The standard InChI is InChI=1S/C15H26N6/c1-11(2)10-20-5-7-21(8-6-20)14-9-13(19-16)17-15(18-14)12-3-4-12/h9,11-12H,3-8,10,16H2,1-2H3,(H,17,18,19). The van der Waals surface area contributed by atoms with E-state index in [-0.39, 0.29) is 0 Å². The molecule has 0 bridgehead atoms. The Morgan fingerprint density at radius 2 is 1.95 bits per heavy atom. The third kappa shape index (κ3) is 3.63. The molecular weight excluding hydrogens is 264 g/mol. The van der Waals surface area contributed by atoms with Crippen LogP contribution in [-0.2, 0) is 0 Å². The highest BCUT2D eigenvalue weighted by atomic mass is 15.3. The average molecular weight is 290 g/mol. The van der Waals surface area contributed by atoms with E-state index >= 15 is 0 Å². The molecule has 1 saturated carbocycles. The van der Waals surface area contributed by atoms with Gasteiger partial charge in [-0.25, -0.2) is 15.8 Å². The van der Waals surface area contributed by atoms with E-state index in [1.54, 1.807) is 0 Å². The fourth-order valence-corrected chi connectivity index (χ4v) is 2.89. The van der Waals surface area contributed by atoms with Crippen LogP contribution in [0.15, 0.2) is 6.07 Å². The number of aromatic nitrogens is 2. The van der Waals surface area contributed by atoms with Crippen molar-refractivity contribution in [3.8, 4) is 0 Å². The first-order valence-corrected chi connectivity index (χ1v) is 7.98. The van der Waals surface area contributed by atoms with Crippen LogP contribution in [0.1, 0.15) is 38.4 Å². The van der Waals surface area contributed by atoms with Gasteiger partial charge in [-0.2, -0.15) is 0 Å². The van der Waals surface area contributed by atoms with Crippen LogP contribution in [0.5, 0.6) is 0 Å². The maximum atomic E-state index is 5.55. The number of hydrazine groups is 1. The first-order chi connectivity index (χ1) is 10.2. The molecule has 0 atom stereocenters. The van der Waals surface area contributed by atoms with Crippen molar-refractivity contribution < 1.29 is 0 Å². The number of nitrogens with two attached hydrogens (primary N) is 1. The van der Waals surface area contributed by atoms with Gasteiger partial charge < -0.3 is 10.3 Å². The maximum Gasteiger partial charge on any atom is 0.145 e. The molecule has 1 aliphatic heterocycles. The third-order valence-corrected chi connectivity index (χ3v) is 4.14. The summed E-state index contributed by atoms with van der Waals surface area (Å²) in [6, 6.07) is 1.96. The Kier molecular flexibility index (Phi) is 4.26. The number of rotatable bonds is 5. The topological polar surface area (TPSA) is 70.3 Å². The molecule has 2 aliphatic rings. The minimum absolute atomic E-state index is 0.541. The predicted molar refractivity (Wildman–Crippen MR) is 85.3 cm³/mol. The molecule has 116 valence electrons. The summed E-state index contributed by atoms with van der Waals surface area (Å²) in [6.07, 6.45) is 2.41. The lowest BCUT2D eigenvalue weighted by molar-refractivity contribution is 0.231. The summed E-state index contributed by atoms with van der Waals surface area (Å²) in [7, 11) is 0. The zero-order chi connectivity index (χ0) is 14.8. The van der Waals surface area contributed by atoms with E-state index in [9.17, 15) is 0 Å². The summed E-state index contributed by atoms with van der Waals surface area (Å²) in [5.41, 5.74) is 2.68. The van der Waals surface area contributed by atoms with Gasteiger partial charge in [0.2, 0.25) is 0 Å². The van der Waals surface area contributed by atoms with Crippen molar-refractivity contribution in [2.45, 2.75) is 32.6 Å². The average Bonchev–Trinajstić information content (AvgIpc) is 3.31. The highest BCUT2D eigenvalue weighted by Crippen LogP contribution is 2.39. The molecule has 3 rings (SSSR count). The van der Waals surface area contributed by atoms with Gasteiger partial charge in [0.15, 0.2) is 0 Å². The van der Waals surface area contributed by atoms with E-state index in [1.165, 1.54) is 19.4 Å². The quantitative estimate of drug-likeness (QED) is 0.631. The van der Waals surface area contributed by atoms with Gasteiger partial charge in [0, 0.05) is 44.7 Å². The largest absolute Gasteiger partial charge is 0.354 e. The molecule has 3 N–H and O–H groups in total. The van der Waals surface area contributed by atoms with Crippen molar-refractivity contribution >= 4 is 11.6 Å². The number of nitrogens with zero attached hydrogens (tertiary/aromatic N) is 4. The highest BCUT2D eigenvalue weighted by molar-refractivity contribution is 5.49. The molecule has 0 aromatic carbocycles. The first-order valence-electron chi connectivity index (χ1n) is 7.98. The molecular formula is C15H26N6. The summed E-state index contributed by atoms with van der Waals surface area (Å²) in [5.74, 6) is 9.51. The van der Waals surface area contributed by atoms with Gasteiger partial charge >= 0.3 is 0 Å². The summed E-state index contributed by atoms with van der Waals surface area (Å²) < 4.78 is 0. The molecule has 6 nitrogen and oxygen atoms in total. The fourth-order valence-electron chi connectivity index (χ4n) is 2.89. The lowest BCUT2D eigenvalue weighted by Crippen LogP contribution is -2.47. The Balaban J connectivity index is 1.68. The van der Waals surface area contributed by atoms with E-state index in [2.05, 4.69) is 34.1 Å². The monoisotopic (exact) mass is 290 g/mol. The van der Waals surface area contributed by atoms with Crippen LogP contribution >= 0.6 is 0 Å². The summed E-state index contributed by atoms with van der Waals surface area (Å²) in [5, 5.41) is 0. The van der Waals surface area contributed by atoms with Gasteiger partial charge in [-0.3, -0.25) is 4.90 Å². The second-order valence-corrected chi connectivity index (χ2v) is 6.57. The maximum absolute atomic E-state index is 5.55. The van der Waals surface area contributed by atoms with E-state index in [0.717, 1.165) is 49.6 Å².